The van der Waals surface area contributed by atoms with Crippen molar-refractivity contribution in [2.75, 3.05) is 7.11 Å². The zero-order valence-electron chi connectivity index (χ0n) is 12.1. The van der Waals surface area contributed by atoms with Crippen molar-refractivity contribution in [1.29, 1.82) is 0 Å². The van der Waals surface area contributed by atoms with Crippen molar-refractivity contribution >= 4 is 11.7 Å². The van der Waals surface area contributed by atoms with E-state index in [2.05, 4.69) is 9.47 Å². The molecule has 0 fully saturated rings. The summed E-state index contributed by atoms with van der Waals surface area (Å²) in [5, 5.41) is 10.7. The van der Waals surface area contributed by atoms with Crippen molar-refractivity contribution in [1.82, 2.24) is 0 Å². The Morgan fingerprint density at radius 1 is 1.16 bits per heavy atom. The van der Waals surface area contributed by atoms with Crippen LogP contribution in [0.25, 0.3) is 0 Å². The SMILES string of the molecule is COc1ccc(COC(=O)C(F)(F)C(F)(F)C(F)(F)F)cc1[N+](=O)[O-]. The maximum Gasteiger partial charge on any atom is 0.460 e. The summed E-state index contributed by atoms with van der Waals surface area (Å²) in [6.45, 7) is -1.20. The van der Waals surface area contributed by atoms with Crippen molar-refractivity contribution in [2.24, 2.45) is 0 Å². The molecule has 0 heterocycles. The quantitative estimate of drug-likeness (QED) is 0.327. The number of rotatable bonds is 6. The molecule has 0 amide bonds. The molecule has 0 aliphatic rings. The van der Waals surface area contributed by atoms with Crippen LogP contribution in [-0.4, -0.2) is 36.0 Å². The molecule has 0 saturated heterocycles. The number of nitrogens with zero attached hydrogens (tertiary/aromatic N) is 1. The van der Waals surface area contributed by atoms with E-state index in [4.69, 9.17) is 0 Å². The minimum atomic E-state index is -6.69. The van der Waals surface area contributed by atoms with Gasteiger partial charge >= 0.3 is 29.7 Å². The van der Waals surface area contributed by atoms with Gasteiger partial charge in [-0.1, -0.05) is 6.07 Å². The fourth-order valence-electron chi connectivity index (χ4n) is 1.51. The Morgan fingerprint density at radius 2 is 1.72 bits per heavy atom. The van der Waals surface area contributed by atoms with Gasteiger partial charge < -0.3 is 9.47 Å². The summed E-state index contributed by atoms with van der Waals surface area (Å²) in [6, 6.07) is 2.70. The molecule has 0 bridgehead atoms. The highest BCUT2D eigenvalue weighted by molar-refractivity contribution is 5.79. The number of halogens is 7. The number of benzene rings is 1. The van der Waals surface area contributed by atoms with Crippen molar-refractivity contribution in [3.63, 3.8) is 0 Å². The van der Waals surface area contributed by atoms with Gasteiger partial charge in [0.2, 0.25) is 0 Å². The maximum atomic E-state index is 13.0. The second-order valence-electron chi connectivity index (χ2n) is 4.49. The summed E-state index contributed by atoms with van der Waals surface area (Å²) >= 11 is 0. The monoisotopic (exact) mass is 379 g/mol. The number of methoxy groups -OCH3 is 1. The van der Waals surface area contributed by atoms with Crippen LogP contribution in [0.5, 0.6) is 5.75 Å². The summed E-state index contributed by atoms with van der Waals surface area (Å²) in [6.07, 6.45) is -6.69. The molecule has 0 radical (unpaired) electrons. The first-order valence-electron chi connectivity index (χ1n) is 6.06. The van der Waals surface area contributed by atoms with Gasteiger partial charge in [0.15, 0.2) is 5.75 Å². The Bertz CT molecular complexity index is 674. The van der Waals surface area contributed by atoms with Gasteiger partial charge in [0.05, 0.1) is 12.0 Å². The first-order chi connectivity index (χ1) is 11.3. The number of hydrogen-bond donors (Lipinski definition) is 0. The van der Waals surface area contributed by atoms with Crippen LogP contribution >= 0.6 is 0 Å². The Kier molecular flexibility index (Phi) is 5.50. The summed E-state index contributed by atoms with van der Waals surface area (Å²) in [4.78, 5) is 20.8. The number of esters is 1. The minimum Gasteiger partial charge on any atom is -0.490 e. The van der Waals surface area contributed by atoms with Gasteiger partial charge in [0.25, 0.3) is 0 Å². The summed E-state index contributed by atoms with van der Waals surface area (Å²) in [5.74, 6) is -16.2. The summed E-state index contributed by atoms with van der Waals surface area (Å²) < 4.78 is 95.7. The fourth-order valence-corrected chi connectivity index (χ4v) is 1.51. The third-order valence-electron chi connectivity index (χ3n) is 2.82. The average molecular weight is 379 g/mol. The molecule has 25 heavy (non-hydrogen) atoms. The first-order valence-corrected chi connectivity index (χ1v) is 6.06. The number of alkyl halides is 7. The normalized spacial score (nSPS) is 12.6. The molecule has 140 valence electrons. The molecule has 0 saturated carbocycles. The van der Waals surface area contributed by atoms with E-state index in [1.54, 1.807) is 0 Å². The summed E-state index contributed by atoms with van der Waals surface area (Å²) in [7, 11) is 1.09. The molecule has 1 aromatic rings. The Hall–Kier alpha value is -2.60. The molecule has 0 N–H and O–H groups in total. The molecule has 1 aromatic carbocycles. The van der Waals surface area contributed by atoms with Crippen LogP contribution < -0.4 is 4.74 Å². The van der Waals surface area contributed by atoms with Gasteiger partial charge in [-0.15, -0.1) is 0 Å². The number of nitro groups is 1. The highest BCUT2D eigenvalue weighted by Crippen LogP contribution is 2.47. The molecular formula is C12H8F7NO5. The average Bonchev–Trinajstić information content (AvgIpc) is 2.50. The van der Waals surface area contributed by atoms with Crippen LogP contribution in [0.15, 0.2) is 18.2 Å². The predicted molar refractivity (Wildman–Crippen MR) is 65.4 cm³/mol. The number of ether oxygens (including phenoxy) is 2. The van der Waals surface area contributed by atoms with Gasteiger partial charge in [-0.2, -0.15) is 30.7 Å². The van der Waals surface area contributed by atoms with Crippen LogP contribution in [0.4, 0.5) is 36.4 Å². The van der Waals surface area contributed by atoms with Crippen molar-refractivity contribution < 1.29 is 49.9 Å². The largest absolute Gasteiger partial charge is 0.490 e. The molecular weight excluding hydrogens is 371 g/mol. The zero-order valence-corrected chi connectivity index (χ0v) is 12.1. The Labute approximate surface area is 134 Å². The molecule has 1 rings (SSSR count). The predicted octanol–water partition coefficient (Wildman–Crippen LogP) is 3.48. The minimum absolute atomic E-state index is 0.242. The van der Waals surface area contributed by atoms with E-state index >= 15 is 0 Å². The van der Waals surface area contributed by atoms with E-state index in [1.165, 1.54) is 0 Å². The second-order valence-corrected chi connectivity index (χ2v) is 4.49. The lowest BCUT2D eigenvalue weighted by Crippen LogP contribution is -2.56. The van der Waals surface area contributed by atoms with E-state index in [0.29, 0.717) is 6.07 Å². The van der Waals surface area contributed by atoms with Gasteiger partial charge in [0, 0.05) is 6.07 Å². The molecule has 0 unspecified atom stereocenters. The highest BCUT2D eigenvalue weighted by atomic mass is 19.4. The van der Waals surface area contributed by atoms with E-state index in [0.717, 1.165) is 19.2 Å². The molecule has 0 aliphatic heterocycles. The summed E-state index contributed by atoms with van der Waals surface area (Å²) in [5.41, 5.74) is -0.976. The van der Waals surface area contributed by atoms with E-state index in [1.807, 2.05) is 0 Å². The maximum absolute atomic E-state index is 13.0. The van der Waals surface area contributed by atoms with E-state index in [-0.39, 0.29) is 11.3 Å². The Balaban J connectivity index is 2.96. The highest BCUT2D eigenvalue weighted by Gasteiger charge is 2.77. The lowest BCUT2D eigenvalue weighted by atomic mass is 10.1. The fraction of sp³-hybridized carbons (Fsp3) is 0.417. The number of nitro benzene ring substituents is 1. The van der Waals surface area contributed by atoms with Crippen LogP contribution in [0.1, 0.15) is 5.56 Å². The van der Waals surface area contributed by atoms with Crippen LogP contribution in [-0.2, 0) is 16.1 Å². The van der Waals surface area contributed by atoms with Crippen molar-refractivity contribution in [2.45, 2.75) is 24.6 Å². The number of carbonyl (C=O) groups excluding carboxylic acids is 1. The third-order valence-corrected chi connectivity index (χ3v) is 2.82. The third kappa shape index (κ3) is 3.91. The molecule has 0 atom stereocenters. The number of hydrogen-bond acceptors (Lipinski definition) is 5. The van der Waals surface area contributed by atoms with Gasteiger partial charge in [-0.3, -0.25) is 10.1 Å². The van der Waals surface area contributed by atoms with Gasteiger partial charge in [-0.05, 0) is 11.6 Å². The van der Waals surface area contributed by atoms with Crippen LogP contribution in [0.3, 0.4) is 0 Å². The molecule has 0 aliphatic carbocycles. The zero-order chi connectivity index (χ0) is 19.6. The second kappa shape index (κ2) is 6.72. The van der Waals surface area contributed by atoms with Gasteiger partial charge in [-0.25, -0.2) is 4.79 Å². The van der Waals surface area contributed by atoms with Crippen molar-refractivity contribution in [3.05, 3.63) is 33.9 Å². The molecule has 13 heteroatoms. The van der Waals surface area contributed by atoms with E-state index < -0.39 is 41.2 Å². The lowest BCUT2D eigenvalue weighted by molar-refractivity contribution is -0.385. The van der Waals surface area contributed by atoms with E-state index in [9.17, 15) is 45.6 Å². The molecule has 0 spiro atoms. The van der Waals surface area contributed by atoms with Crippen LogP contribution in [0, 0.1) is 10.1 Å². The van der Waals surface area contributed by atoms with Crippen LogP contribution in [0.2, 0.25) is 0 Å². The topological polar surface area (TPSA) is 78.7 Å². The first kappa shape index (κ1) is 20.4. The smallest absolute Gasteiger partial charge is 0.460 e. The molecule has 6 nitrogen and oxygen atoms in total. The standard InChI is InChI=1S/C12H8F7NO5/c1-24-8-3-2-6(4-7(8)20(22)23)5-25-9(21)10(13,14)11(15,16)12(17,18)19/h2-4H,5H2,1H3. The molecule has 0 aromatic heterocycles. The van der Waals surface area contributed by atoms with Crippen molar-refractivity contribution in [3.8, 4) is 5.75 Å². The lowest BCUT2D eigenvalue weighted by Gasteiger charge is -2.26. The number of carbonyl (C=O) groups is 1. The Morgan fingerprint density at radius 3 is 2.16 bits per heavy atom. The van der Waals surface area contributed by atoms with Gasteiger partial charge in [0.1, 0.15) is 6.61 Å².